The molecule has 3 aliphatic rings. The second-order valence-corrected chi connectivity index (χ2v) is 10.5. The fraction of sp³-hybridized carbons (Fsp3) is 0.433. The molecule has 0 atom stereocenters. The van der Waals surface area contributed by atoms with Crippen molar-refractivity contribution >= 4 is 22.9 Å². The first kappa shape index (κ1) is 25.7. The summed E-state index contributed by atoms with van der Waals surface area (Å²) in [6, 6.07) is 18.4. The molecule has 3 aromatic rings. The van der Waals surface area contributed by atoms with E-state index in [1.807, 2.05) is 30.3 Å². The summed E-state index contributed by atoms with van der Waals surface area (Å²) >= 11 is 0. The first-order chi connectivity index (χ1) is 18.5. The number of fused-ring (bicyclic) bond motifs is 3. The number of H-pyrrole nitrogens is 1. The number of ether oxygens (including phenoxy) is 1. The molecule has 2 amide bonds. The molecule has 0 saturated heterocycles. The van der Waals surface area contributed by atoms with Gasteiger partial charge in [-0.2, -0.15) is 5.26 Å². The number of para-hydroxylation sites is 1. The summed E-state index contributed by atoms with van der Waals surface area (Å²) in [6.07, 6.45) is 6.87. The van der Waals surface area contributed by atoms with Crippen molar-refractivity contribution in [2.24, 2.45) is 5.92 Å². The number of carbonyl (C=O) groups excluding carboxylic acids is 1. The van der Waals surface area contributed by atoms with E-state index in [1.165, 1.54) is 35.9 Å². The van der Waals surface area contributed by atoms with Gasteiger partial charge in [0, 0.05) is 42.1 Å². The zero-order valence-electron chi connectivity index (χ0n) is 21.5. The molecule has 6 rings (SSSR count). The summed E-state index contributed by atoms with van der Waals surface area (Å²) in [5.74, 6) is 1.48. The van der Waals surface area contributed by atoms with E-state index in [0.29, 0.717) is 31.9 Å². The Morgan fingerprint density at radius 3 is 2.53 bits per heavy atom. The van der Waals surface area contributed by atoms with Gasteiger partial charge in [-0.15, -0.1) is 0 Å². The van der Waals surface area contributed by atoms with E-state index in [2.05, 4.69) is 39.5 Å². The molecule has 2 fully saturated rings. The number of nitrogens with one attached hydrogen (secondary N) is 2. The van der Waals surface area contributed by atoms with E-state index in [0.717, 1.165) is 42.6 Å². The molecule has 8 heteroatoms. The first-order valence-corrected chi connectivity index (χ1v) is 13.5. The van der Waals surface area contributed by atoms with Gasteiger partial charge in [0.2, 0.25) is 5.91 Å². The van der Waals surface area contributed by atoms with Crippen LogP contribution in [-0.2, 0) is 24.4 Å². The van der Waals surface area contributed by atoms with Crippen LogP contribution in [-0.4, -0.2) is 39.1 Å². The molecule has 3 N–H and O–H groups in total. The van der Waals surface area contributed by atoms with Gasteiger partial charge in [0.05, 0.1) is 11.6 Å². The zero-order valence-corrected chi connectivity index (χ0v) is 21.5. The summed E-state index contributed by atoms with van der Waals surface area (Å²) in [5.41, 5.74) is 4.00. The molecular weight excluding hydrogens is 480 g/mol. The summed E-state index contributed by atoms with van der Waals surface area (Å²) in [7, 11) is 0. The monoisotopic (exact) mass is 514 g/mol. The van der Waals surface area contributed by atoms with Gasteiger partial charge in [0.1, 0.15) is 17.9 Å². The Hall–Kier alpha value is -3.99. The first-order valence-electron chi connectivity index (χ1n) is 13.5. The van der Waals surface area contributed by atoms with E-state index in [4.69, 9.17) is 15.1 Å². The number of rotatable bonds is 5. The third-order valence-corrected chi connectivity index (χ3v) is 7.79. The lowest BCUT2D eigenvalue weighted by Gasteiger charge is -2.32. The Morgan fingerprint density at radius 2 is 1.87 bits per heavy atom. The van der Waals surface area contributed by atoms with Gasteiger partial charge in [0.15, 0.2) is 0 Å². The molecule has 1 aliphatic heterocycles. The van der Waals surface area contributed by atoms with Crippen molar-refractivity contribution in [3.8, 4) is 11.8 Å². The number of benzene rings is 2. The highest BCUT2D eigenvalue weighted by Crippen LogP contribution is 2.35. The van der Waals surface area contributed by atoms with Crippen LogP contribution in [0.4, 0.5) is 4.79 Å². The van der Waals surface area contributed by atoms with Gasteiger partial charge < -0.3 is 25.0 Å². The average Bonchev–Trinajstić information content (AvgIpc) is 3.62. The normalized spacial score (nSPS) is 17.9. The number of hydrogen-bond donors (Lipinski definition) is 3. The summed E-state index contributed by atoms with van der Waals surface area (Å²) in [4.78, 5) is 28.7. The molecule has 2 aromatic carbocycles. The highest BCUT2D eigenvalue weighted by Gasteiger charge is 2.44. The van der Waals surface area contributed by atoms with E-state index in [9.17, 15) is 9.59 Å². The van der Waals surface area contributed by atoms with Crippen LogP contribution in [0.15, 0.2) is 48.5 Å². The van der Waals surface area contributed by atoms with Crippen molar-refractivity contribution in [3.05, 3.63) is 65.4 Å². The minimum Gasteiger partial charge on any atom is -0.487 e. The second kappa shape index (κ2) is 11.2. The van der Waals surface area contributed by atoms with Gasteiger partial charge >= 0.3 is 6.09 Å². The Bertz CT molecular complexity index is 1330. The van der Waals surface area contributed by atoms with E-state index < -0.39 is 11.6 Å². The smallest absolute Gasteiger partial charge is 0.405 e. The highest BCUT2D eigenvalue weighted by molar-refractivity contribution is 5.90. The van der Waals surface area contributed by atoms with E-state index in [-0.39, 0.29) is 5.92 Å². The molecule has 198 valence electrons. The SMILES string of the molecule is N#CC1(NC(=O)O)CC1.O=C(C1CCCCC1)N1CCc2[nH]c3c(OCc4ccccc4)cccc3c2C1. The van der Waals surface area contributed by atoms with Gasteiger partial charge in [-0.25, -0.2) is 4.79 Å². The highest BCUT2D eigenvalue weighted by atomic mass is 16.5. The molecule has 0 radical (unpaired) electrons. The van der Waals surface area contributed by atoms with Crippen LogP contribution in [0.1, 0.15) is 61.8 Å². The quantitative estimate of drug-likeness (QED) is 0.414. The minimum absolute atomic E-state index is 0.236. The number of aromatic amines is 1. The Balaban J connectivity index is 0.000000278. The lowest BCUT2D eigenvalue weighted by atomic mass is 9.87. The third-order valence-electron chi connectivity index (χ3n) is 7.79. The van der Waals surface area contributed by atoms with Crippen LogP contribution in [0, 0.1) is 17.2 Å². The largest absolute Gasteiger partial charge is 0.487 e. The molecule has 1 aromatic heterocycles. The number of carbonyl (C=O) groups is 2. The molecular formula is C30H34N4O4. The summed E-state index contributed by atoms with van der Waals surface area (Å²) in [6.45, 7) is 2.08. The van der Waals surface area contributed by atoms with Gasteiger partial charge in [-0.05, 0) is 37.3 Å². The molecule has 8 nitrogen and oxygen atoms in total. The van der Waals surface area contributed by atoms with Crippen LogP contribution in [0.3, 0.4) is 0 Å². The number of aromatic nitrogens is 1. The van der Waals surface area contributed by atoms with Crippen LogP contribution < -0.4 is 10.1 Å². The fourth-order valence-corrected chi connectivity index (χ4v) is 5.46. The molecule has 38 heavy (non-hydrogen) atoms. The molecule has 0 bridgehead atoms. The van der Waals surface area contributed by atoms with Crippen LogP contribution in [0.5, 0.6) is 5.75 Å². The summed E-state index contributed by atoms with van der Waals surface area (Å²) < 4.78 is 6.14. The molecule has 2 heterocycles. The van der Waals surface area contributed by atoms with Crippen LogP contribution in [0.25, 0.3) is 10.9 Å². The third kappa shape index (κ3) is 5.77. The molecule has 0 spiro atoms. The lowest BCUT2D eigenvalue weighted by molar-refractivity contribution is -0.137. The van der Waals surface area contributed by atoms with E-state index in [1.54, 1.807) is 0 Å². The maximum atomic E-state index is 13.0. The number of carboxylic acid groups (broad SMARTS) is 1. The number of hydrogen-bond acceptors (Lipinski definition) is 4. The van der Waals surface area contributed by atoms with Crippen molar-refractivity contribution in [2.45, 2.75) is 70.1 Å². The Kier molecular flexibility index (Phi) is 7.54. The lowest BCUT2D eigenvalue weighted by Crippen LogP contribution is -2.40. The van der Waals surface area contributed by atoms with Crippen molar-refractivity contribution < 1.29 is 19.4 Å². The van der Waals surface area contributed by atoms with E-state index >= 15 is 0 Å². The Labute approximate surface area is 222 Å². The minimum atomic E-state index is -1.12. The molecule has 2 saturated carbocycles. The second-order valence-electron chi connectivity index (χ2n) is 10.5. The topological polar surface area (TPSA) is 118 Å². The molecule has 0 unspecified atom stereocenters. The fourth-order valence-electron chi connectivity index (χ4n) is 5.46. The van der Waals surface area contributed by atoms with Crippen LogP contribution >= 0.6 is 0 Å². The number of nitriles is 1. The average molecular weight is 515 g/mol. The predicted molar refractivity (Wildman–Crippen MR) is 144 cm³/mol. The Morgan fingerprint density at radius 1 is 1.11 bits per heavy atom. The van der Waals surface area contributed by atoms with Gasteiger partial charge in [-0.3, -0.25) is 4.79 Å². The summed E-state index contributed by atoms with van der Waals surface area (Å²) in [5, 5.41) is 19.8. The van der Waals surface area contributed by atoms with Gasteiger partial charge in [-0.1, -0.05) is 61.7 Å². The predicted octanol–water partition coefficient (Wildman–Crippen LogP) is 5.52. The van der Waals surface area contributed by atoms with Crippen molar-refractivity contribution in [3.63, 3.8) is 0 Å². The van der Waals surface area contributed by atoms with Crippen molar-refractivity contribution in [1.29, 1.82) is 5.26 Å². The van der Waals surface area contributed by atoms with Crippen molar-refractivity contribution in [1.82, 2.24) is 15.2 Å². The molecule has 2 aliphatic carbocycles. The van der Waals surface area contributed by atoms with Crippen LogP contribution in [0.2, 0.25) is 0 Å². The maximum Gasteiger partial charge on any atom is 0.405 e. The maximum absolute atomic E-state index is 13.0. The number of amides is 2. The zero-order chi connectivity index (χ0) is 26.5. The van der Waals surface area contributed by atoms with Gasteiger partial charge in [0.25, 0.3) is 0 Å². The standard InChI is InChI=1S/C25H28N2O2.C5H6N2O2/c28-25(19-10-5-2-6-11-19)27-15-14-22-21(16-27)20-12-7-13-23(24(20)26-22)29-17-18-8-3-1-4-9-18;6-3-5(1-2-5)7-4(8)9/h1,3-4,7-9,12-13,19,26H,2,5-6,10-11,14-17H2;7H,1-2H2,(H,8,9). The van der Waals surface area contributed by atoms with Crippen molar-refractivity contribution in [2.75, 3.05) is 6.54 Å². The number of nitrogens with zero attached hydrogens (tertiary/aromatic N) is 2.